The van der Waals surface area contributed by atoms with Gasteiger partial charge in [0.05, 0.1) is 5.69 Å². The fraction of sp³-hybridized carbons (Fsp3) is 0.786. The van der Waals surface area contributed by atoms with Crippen LogP contribution in [0.2, 0.25) is 0 Å². The Labute approximate surface area is 105 Å². The summed E-state index contributed by atoms with van der Waals surface area (Å²) in [4.78, 5) is 0. The monoisotopic (exact) mass is 238 g/mol. The first-order chi connectivity index (χ1) is 8.10. The van der Waals surface area contributed by atoms with Gasteiger partial charge in [0, 0.05) is 12.1 Å². The summed E-state index contributed by atoms with van der Waals surface area (Å²) in [5.74, 6) is 0.907. The molecule has 3 nitrogen and oxygen atoms in total. The maximum absolute atomic E-state index is 10.2. The second-order valence-corrected chi connectivity index (χ2v) is 5.18. The molecule has 17 heavy (non-hydrogen) atoms. The lowest BCUT2D eigenvalue weighted by atomic mass is 10.1. The van der Waals surface area contributed by atoms with E-state index in [2.05, 4.69) is 32.8 Å². The lowest BCUT2D eigenvalue weighted by molar-refractivity contribution is 0.368. The molecule has 98 valence electrons. The predicted molar refractivity (Wildman–Crippen MR) is 71.3 cm³/mol. The van der Waals surface area contributed by atoms with Crippen LogP contribution in [0.3, 0.4) is 0 Å². The van der Waals surface area contributed by atoms with Gasteiger partial charge in [-0.05, 0) is 25.2 Å². The van der Waals surface area contributed by atoms with E-state index in [1.54, 1.807) is 4.68 Å². The quantitative estimate of drug-likeness (QED) is 0.789. The second-order valence-electron chi connectivity index (χ2n) is 5.18. The molecule has 0 spiro atoms. The third-order valence-electron chi connectivity index (χ3n) is 2.91. The van der Waals surface area contributed by atoms with E-state index in [0.717, 1.165) is 49.9 Å². The van der Waals surface area contributed by atoms with Crippen molar-refractivity contribution >= 4 is 0 Å². The molecule has 0 radical (unpaired) electrons. The largest absolute Gasteiger partial charge is 0.493 e. The molecule has 1 aromatic heterocycles. The average Bonchev–Trinajstić information content (AvgIpc) is 2.53. The van der Waals surface area contributed by atoms with Crippen LogP contribution in [0.4, 0.5) is 0 Å². The van der Waals surface area contributed by atoms with Crippen LogP contribution in [0.25, 0.3) is 0 Å². The molecular weight excluding hydrogens is 212 g/mol. The molecule has 0 saturated heterocycles. The van der Waals surface area contributed by atoms with Gasteiger partial charge in [-0.3, -0.25) is 0 Å². The first-order valence-corrected chi connectivity index (χ1v) is 6.87. The molecule has 0 aliphatic heterocycles. The molecule has 1 aromatic rings. The van der Waals surface area contributed by atoms with Crippen molar-refractivity contribution < 1.29 is 5.11 Å². The maximum atomic E-state index is 10.2. The van der Waals surface area contributed by atoms with Gasteiger partial charge in [0.2, 0.25) is 5.88 Å². The fourth-order valence-electron chi connectivity index (χ4n) is 2.06. The van der Waals surface area contributed by atoms with Gasteiger partial charge in [-0.15, -0.1) is 0 Å². The van der Waals surface area contributed by atoms with Gasteiger partial charge in [0.1, 0.15) is 0 Å². The van der Waals surface area contributed by atoms with E-state index in [-0.39, 0.29) is 0 Å². The normalized spacial score (nSPS) is 11.4. The minimum absolute atomic E-state index is 0.399. The molecular formula is C14H26N2O. The number of hydrogen-bond acceptors (Lipinski definition) is 2. The zero-order valence-corrected chi connectivity index (χ0v) is 11.7. The summed E-state index contributed by atoms with van der Waals surface area (Å²) in [7, 11) is 0. The Bertz CT molecular complexity index is 342. The van der Waals surface area contributed by atoms with Crippen LogP contribution in [-0.2, 0) is 19.4 Å². The molecule has 0 bridgehead atoms. The summed E-state index contributed by atoms with van der Waals surface area (Å²) in [5, 5.41) is 14.8. The van der Waals surface area contributed by atoms with Crippen LogP contribution < -0.4 is 0 Å². The highest BCUT2D eigenvalue weighted by atomic mass is 16.3. The van der Waals surface area contributed by atoms with Crippen molar-refractivity contribution in [1.82, 2.24) is 9.78 Å². The Kier molecular flexibility index (Phi) is 5.52. The lowest BCUT2D eigenvalue weighted by Gasteiger charge is -2.06. The molecule has 0 aliphatic rings. The SMILES string of the molecule is CCCCc1c(CCC)nn(CC(C)C)c1O. The van der Waals surface area contributed by atoms with Gasteiger partial charge in [0.15, 0.2) is 0 Å². The molecule has 0 aromatic carbocycles. The molecule has 0 fully saturated rings. The third kappa shape index (κ3) is 3.76. The highest BCUT2D eigenvalue weighted by molar-refractivity contribution is 5.31. The zero-order valence-electron chi connectivity index (χ0n) is 11.7. The highest BCUT2D eigenvalue weighted by Gasteiger charge is 2.16. The van der Waals surface area contributed by atoms with E-state index in [0.29, 0.717) is 11.8 Å². The molecule has 0 atom stereocenters. The third-order valence-corrected chi connectivity index (χ3v) is 2.91. The summed E-state index contributed by atoms with van der Waals surface area (Å²) in [6.45, 7) is 9.42. The van der Waals surface area contributed by atoms with Gasteiger partial charge in [-0.25, -0.2) is 4.68 Å². The minimum atomic E-state index is 0.399. The molecule has 0 aliphatic carbocycles. The van der Waals surface area contributed by atoms with Crippen molar-refractivity contribution in [3.8, 4) is 5.88 Å². The summed E-state index contributed by atoms with van der Waals surface area (Å²) < 4.78 is 1.78. The Hall–Kier alpha value is -0.990. The minimum Gasteiger partial charge on any atom is -0.493 e. The molecule has 0 unspecified atom stereocenters. The van der Waals surface area contributed by atoms with Crippen LogP contribution in [0, 0.1) is 5.92 Å². The average molecular weight is 238 g/mol. The summed E-state index contributed by atoms with van der Waals surface area (Å²) >= 11 is 0. The predicted octanol–water partition coefficient (Wildman–Crippen LogP) is 3.54. The highest BCUT2D eigenvalue weighted by Crippen LogP contribution is 2.25. The van der Waals surface area contributed by atoms with Crippen LogP contribution in [0.1, 0.15) is 58.2 Å². The number of nitrogens with zero attached hydrogens (tertiary/aromatic N) is 2. The Morgan fingerprint density at radius 3 is 2.41 bits per heavy atom. The Balaban J connectivity index is 2.93. The fourth-order valence-corrected chi connectivity index (χ4v) is 2.06. The lowest BCUT2D eigenvalue weighted by Crippen LogP contribution is -2.06. The van der Waals surface area contributed by atoms with E-state index in [9.17, 15) is 5.11 Å². The number of aromatic nitrogens is 2. The van der Waals surface area contributed by atoms with Gasteiger partial charge in [-0.1, -0.05) is 40.5 Å². The zero-order chi connectivity index (χ0) is 12.8. The van der Waals surface area contributed by atoms with Crippen molar-refractivity contribution in [1.29, 1.82) is 0 Å². The van der Waals surface area contributed by atoms with Crippen molar-refractivity contribution in [2.24, 2.45) is 5.92 Å². The smallest absolute Gasteiger partial charge is 0.212 e. The van der Waals surface area contributed by atoms with E-state index in [1.807, 2.05) is 0 Å². The number of hydrogen-bond donors (Lipinski definition) is 1. The number of aromatic hydroxyl groups is 1. The van der Waals surface area contributed by atoms with Crippen molar-refractivity contribution in [3.63, 3.8) is 0 Å². The second kappa shape index (κ2) is 6.67. The van der Waals surface area contributed by atoms with Crippen LogP contribution in [0.15, 0.2) is 0 Å². The topological polar surface area (TPSA) is 38.0 Å². The first kappa shape index (κ1) is 14.1. The van der Waals surface area contributed by atoms with E-state index in [4.69, 9.17) is 0 Å². The summed E-state index contributed by atoms with van der Waals surface area (Å²) in [6, 6.07) is 0. The molecule has 1 rings (SSSR count). The molecule has 0 saturated carbocycles. The maximum Gasteiger partial charge on any atom is 0.212 e. The van der Waals surface area contributed by atoms with E-state index in [1.165, 1.54) is 0 Å². The summed E-state index contributed by atoms with van der Waals surface area (Å²) in [5.41, 5.74) is 2.17. The standard InChI is InChI=1S/C14H26N2O/c1-5-7-9-12-13(8-6-2)15-16(14(12)17)10-11(3)4/h11,17H,5-10H2,1-4H3. The molecule has 1 heterocycles. The first-order valence-electron chi connectivity index (χ1n) is 6.87. The molecule has 0 amide bonds. The van der Waals surface area contributed by atoms with Crippen molar-refractivity contribution in [2.75, 3.05) is 0 Å². The number of unbranched alkanes of at least 4 members (excludes halogenated alkanes) is 1. The Morgan fingerprint density at radius 2 is 1.88 bits per heavy atom. The van der Waals surface area contributed by atoms with Gasteiger partial charge >= 0.3 is 0 Å². The van der Waals surface area contributed by atoms with Crippen LogP contribution >= 0.6 is 0 Å². The van der Waals surface area contributed by atoms with E-state index >= 15 is 0 Å². The van der Waals surface area contributed by atoms with Gasteiger partial charge < -0.3 is 5.11 Å². The van der Waals surface area contributed by atoms with Crippen LogP contribution in [-0.4, -0.2) is 14.9 Å². The van der Waals surface area contributed by atoms with Gasteiger partial charge in [0.25, 0.3) is 0 Å². The van der Waals surface area contributed by atoms with Crippen molar-refractivity contribution in [2.45, 2.75) is 66.3 Å². The molecule has 1 N–H and O–H groups in total. The number of rotatable bonds is 7. The summed E-state index contributed by atoms with van der Waals surface area (Å²) in [6.07, 6.45) is 5.28. The van der Waals surface area contributed by atoms with E-state index < -0.39 is 0 Å². The Morgan fingerprint density at radius 1 is 1.18 bits per heavy atom. The molecule has 3 heteroatoms. The van der Waals surface area contributed by atoms with Gasteiger partial charge in [-0.2, -0.15) is 5.10 Å². The number of aryl methyl sites for hydroxylation is 1. The van der Waals surface area contributed by atoms with Crippen LogP contribution in [0.5, 0.6) is 5.88 Å². The van der Waals surface area contributed by atoms with Crippen molar-refractivity contribution in [3.05, 3.63) is 11.3 Å².